The summed E-state index contributed by atoms with van der Waals surface area (Å²) in [5.74, 6) is -1.99. The maximum Gasteiger partial charge on any atom is 0.343 e. The molecule has 19 heavy (non-hydrogen) atoms. The average molecular weight is 262 g/mol. The molecule has 0 saturated heterocycles. The Bertz CT molecular complexity index is 631. The van der Waals surface area contributed by atoms with Gasteiger partial charge in [-0.1, -0.05) is 0 Å². The third-order valence-electron chi connectivity index (χ3n) is 2.24. The first kappa shape index (κ1) is 12.6. The van der Waals surface area contributed by atoms with Crippen LogP contribution in [0.2, 0.25) is 0 Å². The number of nitro groups is 1. The SMILES string of the molecule is O=C(Oc1cc(F)ccc1[N+](=O)[O-])c1ccncc1. The highest BCUT2D eigenvalue weighted by Crippen LogP contribution is 2.28. The Labute approximate surface area is 106 Å². The number of pyridine rings is 1. The molecule has 0 saturated carbocycles. The summed E-state index contributed by atoms with van der Waals surface area (Å²) >= 11 is 0. The van der Waals surface area contributed by atoms with Gasteiger partial charge in [0.15, 0.2) is 0 Å². The Morgan fingerprint density at radius 3 is 2.58 bits per heavy atom. The van der Waals surface area contributed by atoms with Crippen LogP contribution in [0, 0.1) is 15.9 Å². The molecule has 96 valence electrons. The number of carbonyl (C=O) groups is 1. The molecule has 0 spiro atoms. The second kappa shape index (κ2) is 5.21. The van der Waals surface area contributed by atoms with Crippen molar-refractivity contribution in [2.75, 3.05) is 0 Å². The summed E-state index contributed by atoms with van der Waals surface area (Å²) in [6.45, 7) is 0. The van der Waals surface area contributed by atoms with E-state index in [1.807, 2.05) is 0 Å². The molecule has 0 radical (unpaired) electrons. The van der Waals surface area contributed by atoms with Crippen molar-refractivity contribution in [3.05, 3.63) is 64.2 Å². The third kappa shape index (κ3) is 2.89. The van der Waals surface area contributed by atoms with Gasteiger partial charge < -0.3 is 4.74 Å². The largest absolute Gasteiger partial charge is 0.415 e. The molecule has 1 heterocycles. The molecule has 0 atom stereocenters. The van der Waals surface area contributed by atoms with Crippen molar-refractivity contribution in [3.8, 4) is 5.75 Å². The quantitative estimate of drug-likeness (QED) is 0.367. The first-order valence-corrected chi connectivity index (χ1v) is 5.14. The number of hydrogen-bond acceptors (Lipinski definition) is 5. The van der Waals surface area contributed by atoms with Crippen LogP contribution in [-0.2, 0) is 0 Å². The monoisotopic (exact) mass is 262 g/mol. The maximum absolute atomic E-state index is 13.0. The van der Waals surface area contributed by atoms with E-state index < -0.39 is 28.1 Å². The fraction of sp³-hybridized carbons (Fsp3) is 0. The Hall–Kier alpha value is -2.83. The first-order valence-electron chi connectivity index (χ1n) is 5.14. The second-order valence-electron chi connectivity index (χ2n) is 3.49. The molecule has 2 rings (SSSR count). The van der Waals surface area contributed by atoms with E-state index in [0.717, 1.165) is 18.2 Å². The molecule has 1 aromatic carbocycles. The second-order valence-corrected chi connectivity index (χ2v) is 3.49. The zero-order valence-corrected chi connectivity index (χ0v) is 9.45. The fourth-order valence-corrected chi connectivity index (χ4v) is 1.37. The third-order valence-corrected chi connectivity index (χ3v) is 2.24. The summed E-state index contributed by atoms with van der Waals surface area (Å²) in [6.07, 6.45) is 2.74. The molecule has 0 aliphatic heterocycles. The highest BCUT2D eigenvalue weighted by molar-refractivity contribution is 5.91. The van der Waals surface area contributed by atoms with Gasteiger partial charge in [0.1, 0.15) is 5.82 Å². The van der Waals surface area contributed by atoms with E-state index in [9.17, 15) is 19.3 Å². The summed E-state index contributed by atoms with van der Waals surface area (Å²) in [5, 5.41) is 10.7. The van der Waals surface area contributed by atoms with E-state index in [0.29, 0.717) is 0 Å². The molecule has 6 nitrogen and oxygen atoms in total. The lowest BCUT2D eigenvalue weighted by Gasteiger charge is -2.04. The van der Waals surface area contributed by atoms with Crippen LogP contribution in [0.5, 0.6) is 5.75 Å². The van der Waals surface area contributed by atoms with Crippen LogP contribution in [0.25, 0.3) is 0 Å². The molecule has 1 aromatic heterocycles. The van der Waals surface area contributed by atoms with Crippen molar-refractivity contribution in [2.45, 2.75) is 0 Å². The van der Waals surface area contributed by atoms with Crippen molar-refractivity contribution in [1.82, 2.24) is 4.98 Å². The number of esters is 1. The first-order chi connectivity index (χ1) is 9.08. The van der Waals surface area contributed by atoms with E-state index >= 15 is 0 Å². The van der Waals surface area contributed by atoms with Crippen LogP contribution in [0.1, 0.15) is 10.4 Å². The van der Waals surface area contributed by atoms with Crippen molar-refractivity contribution in [1.29, 1.82) is 0 Å². The number of benzene rings is 1. The van der Waals surface area contributed by atoms with E-state index in [2.05, 4.69) is 4.98 Å². The van der Waals surface area contributed by atoms with Gasteiger partial charge in [-0.15, -0.1) is 0 Å². The molecule has 0 bridgehead atoms. The molecule has 0 aliphatic rings. The van der Waals surface area contributed by atoms with Crippen molar-refractivity contribution in [2.24, 2.45) is 0 Å². The molecule has 7 heteroatoms. The zero-order valence-electron chi connectivity index (χ0n) is 9.45. The highest BCUT2D eigenvalue weighted by Gasteiger charge is 2.19. The van der Waals surface area contributed by atoms with Gasteiger partial charge in [-0.2, -0.15) is 0 Å². The summed E-state index contributed by atoms with van der Waals surface area (Å²) in [4.78, 5) is 25.4. The summed E-state index contributed by atoms with van der Waals surface area (Å²) < 4.78 is 17.9. The zero-order chi connectivity index (χ0) is 13.8. The van der Waals surface area contributed by atoms with Crippen LogP contribution in [0.4, 0.5) is 10.1 Å². The smallest absolute Gasteiger partial charge is 0.343 e. The number of ether oxygens (including phenoxy) is 1. The predicted octanol–water partition coefficient (Wildman–Crippen LogP) is 2.35. The topological polar surface area (TPSA) is 82.3 Å². The minimum absolute atomic E-state index is 0.161. The Kier molecular flexibility index (Phi) is 3.46. The molecule has 0 N–H and O–H groups in total. The number of aromatic nitrogens is 1. The lowest BCUT2D eigenvalue weighted by atomic mass is 10.2. The maximum atomic E-state index is 13.0. The number of halogens is 1. The Morgan fingerprint density at radius 1 is 1.26 bits per heavy atom. The average Bonchev–Trinajstić information content (AvgIpc) is 2.39. The van der Waals surface area contributed by atoms with E-state index in [-0.39, 0.29) is 5.56 Å². The van der Waals surface area contributed by atoms with Gasteiger partial charge >= 0.3 is 11.7 Å². The van der Waals surface area contributed by atoms with Crippen LogP contribution >= 0.6 is 0 Å². The summed E-state index contributed by atoms with van der Waals surface area (Å²) in [5.41, 5.74) is -0.322. The Morgan fingerprint density at radius 2 is 1.95 bits per heavy atom. The van der Waals surface area contributed by atoms with Crippen molar-refractivity contribution >= 4 is 11.7 Å². The van der Waals surface area contributed by atoms with Gasteiger partial charge in [0.2, 0.25) is 5.75 Å². The van der Waals surface area contributed by atoms with Gasteiger partial charge in [-0.3, -0.25) is 15.1 Å². The van der Waals surface area contributed by atoms with Crippen LogP contribution in [0.15, 0.2) is 42.7 Å². The van der Waals surface area contributed by atoms with E-state index in [1.165, 1.54) is 24.5 Å². The molecule has 0 aliphatic carbocycles. The van der Waals surface area contributed by atoms with Gasteiger partial charge in [-0.25, -0.2) is 9.18 Å². The van der Waals surface area contributed by atoms with Crippen molar-refractivity contribution in [3.63, 3.8) is 0 Å². The van der Waals surface area contributed by atoms with E-state index in [1.54, 1.807) is 0 Å². The Balaban J connectivity index is 2.31. The van der Waals surface area contributed by atoms with Crippen LogP contribution in [-0.4, -0.2) is 15.9 Å². The predicted molar refractivity (Wildman–Crippen MR) is 62.2 cm³/mol. The van der Waals surface area contributed by atoms with Crippen molar-refractivity contribution < 1.29 is 18.8 Å². The number of rotatable bonds is 3. The lowest BCUT2D eigenvalue weighted by molar-refractivity contribution is -0.385. The minimum atomic E-state index is -0.823. The molecule has 0 fully saturated rings. The molecule has 0 unspecified atom stereocenters. The van der Waals surface area contributed by atoms with Gasteiger partial charge in [0.05, 0.1) is 10.5 Å². The fourth-order valence-electron chi connectivity index (χ4n) is 1.37. The van der Waals surface area contributed by atoms with Crippen LogP contribution < -0.4 is 4.74 Å². The molecular formula is C12H7FN2O4. The summed E-state index contributed by atoms with van der Waals surface area (Å²) in [7, 11) is 0. The minimum Gasteiger partial charge on any atom is -0.415 e. The van der Waals surface area contributed by atoms with E-state index in [4.69, 9.17) is 4.74 Å². The number of nitro benzene ring substituents is 1. The lowest BCUT2D eigenvalue weighted by Crippen LogP contribution is -2.10. The number of carbonyl (C=O) groups excluding carboxylic acids is 1. The van der Waals surface area contributed by atoms with Gasteiger partial charge in [-0.05, 0) is 18.2 Å². The standard InChI is InChI=1S/C12H7FN2O4/c13-9-1-2-10(15(17)18)11(7-9)19-12(16)8-3-5-14-6-4-8/h1-7H. The molecule has 0 amide bonds. The molecular weight excluding hydrogens is 255 g/mol. The van der Waals surface area contributed by atoms with Gasteiger partial charge in [0, 0.05) is 24.5 Å². The van der Waals surface area contributed by atoms with Crippen LogP contribution in [0.3, 0.4) is 0 Å². The number of hydrogen-bond donors (Lipinski definition) is 0. The molecule has 2 aromatic rings. The summed E-state index contributed by atoms with van der Waals surface area (Å²) in [6, 6.07) is 5.41. The highest BCUT2D eigenvalue weighted by atomic mass is 19.1. The number of nitrogens with zero attached hydrogens (tertiary/aromatic N) is 2. The normalized spacial score (nSPS) is 9.95. The van der Waals surface area contributed by atoms with Gasteiger partial charge in [0.25, 0.3) is 0 Å².